The average molecular weight is 412 g/mol. The molecule has 29 heavy (non-hydrogen) atoms. The van der Waals surface area contributed by atoms with E-state index >= 15 is 0 Å². The van der Waals surface area contributed by atoms with Gasteiger partial charge in [-0.15, -0.1) is 11.3 Å². The zero-order chi connectivity index (χ0) is 20.4. The van der Waals surface area contributed by atoms with Gasteiger partial charge >= 0.3 is 0 Å². The van der Waals surface area contributed by atoms with Crippen molar-refractivity contribution in [2.75, 3.05) is 25.0 Å². The summed E-state index contributed by atoms with van der Waals surface area (Å²) in [4.78, 5) is 27.3. The Morgan fingerprint density at radius 1 is 1.21 bits per heavy atom. The van der Waals surface area contributed by atoms with Gasteiger partial charge in [-0.2, -0.15) is 0 Å². The summed E-state index contributed by atoms with van der Waals surface area (Å²) in [5.74, 6) is 0.167. The highest BCUT2D eigenvalue weighted by Crippen LogP contribution is 2.33. The molecule has 2 aromatic carbocycles. The fourth-order valence-corrected chi connectivity index (χ4v) is 5.18. The van der Waals surface area contributed by atoms with Gasteiger partial charge in [-0.1, -0.05) is 31.2 Å². The lowest BCUT2D eigenvalue weighted by atomic mass is 10.0. The predicted molar refractivity (Wildman–Crippen MR) is 116 cm³/mol. The molecule has 2 N–H and O–H groups in total. The molecule has 2 atom stereocenters. The first-order chi connectivity index (χ1) is 14.0. The van der Waals surface area contributed by atoms with E-state index in [0.717, 1.165) is 24.2 Å². The number of benzene rings is 2. The molecule has 1 unspecified atom stereocenters. The maximum absolute atomic E-state index is 13.4. The summed E-state index contributed by atoms with van der Waals surface area (Å²) in [5.41, 5.74) is 0.872. The SMILES string of the molecule is C[C@H]1CCC[NH+](CC(=O)Nc2sc3ccccc3c(=O)c2-c2ccc(F)cc2)C1. The zero-order valence-corrected chi connectivity index (χ0v) is 17.2. The molecule has 150 valence electrons. The first-order valence-electron chi connectivity index (χ1n) is 9.96. The molecule has 1 aromatic heterocycles. The van der Waals surface area contributed by atoms with Crippen LogP contribution in [0.15, 0.2) is 53.3 Å². The summed E-state index contributed by atoms with van der Waals surface area (Å²) in [6, 6.07) is 13.2. The molecule has 0 radical (unpaired) electrons. The molecule has 1 fully saturated rings. The number of rotatable bonds is 4. The van der Waals surface area contributed by atoms with Crippen LogP contribution in [-0.4, -0.2) is 25.5 Å². The number of amides is 1. The summed E-state index contributed by atoms with van der Waals surface area (Å²) in [6.07, 6.45) is 2.35. The van der Waals surface area contributed by atoms with Crippen LogP contribution in [0.4, 0.5) is 9.39 Å². The Balaban J connectivity index is 1.70. The summed E-state index contributed by atoms with van der Waals surface area (Å²) in [7, 11) is 0. The Labute approximate surface area is 173 Å². The van der Waals surface area contributed by atoms with Crippen molar-refractivity contribution < 1.29 is 14.1 Å². The van der Waals surface area contributed by atoms with Crippen molar-refractivity contribution in [3.63, 3.8) is 0 Å². The van der Waals surface area contributed by atoms with Gasteiger partial charge in [0.2, 0.25) is 0 Å². The van der Waals surface area contributed by atoms with Crippen molar-refractivity contribution in [3.05, 3.63) is 64.6 Å². The van der Waals surface area contributed by atoms with E-state index in [1.807, 2.05) is 18.2 Å². The summed E-state index contributed by atoms with van der Waals surface area (Å²) in [5, 5.41) is 4.11. The average Bonchev–Trinajstić information content (AvgIpc) is 2.69. The van der Waals surface area contributed by atoms with Crippen LogP contribution in [0.1, 0.15) is 19.8 Å². The van der Waals surface area contributed by atoms with Gasteiger partial charge in [0.25, 0.3) is 5.91 Å². The van der Waals surface area contributed by atoms with E-state index in [4.69, 9.17) is 0 Å². The molecule has 6 heteroatoms. The van der Waals surface area contributed by atoms with Gasteiger partial charge < -0.3 is 10.2 Å². The molecule has 0 saturated carbocycles. The second-order valence-electron chi connectivity index (χ2n) is 7.81. The number of fused-ring (bicyclic) bond motifs is 1. The molecule has 1 aliphatic heterocycles. The normalized spacial score (nSPS) is 19.2. The van der Waals surface area contributed by atoms with E-state index in [2.05, 4.69) is 12.2 Å². The zero-order valence-electron chi connectivity index (χ0n) is 16.3. The molecule has 0 bridgehead atoms. The number of piperidine rings is 1. The largest absolute Gasteiger partial charge is 0.327 e. The molecule has 2 heterocycles. The molecular formula is C23H24FN2O2S+. The number of halogens is 1. The molecular weight excluding hydrogens is 387 g/mol. The quantitative estimate of drug-likeness (QED) is 0.692. The highest BCUT2D eigenvalue weighted by molar-refractivity contribution is 7.22. The highest BCUT2D eigenvalue weighted by atomic mass is 32.1. The number of likely N-dealkylation sites (tertiary alicyclic amines) is 1. The number of carbonyl (C=O) groups is 1. The lowest BCUT2D eigenvalue weighted by Gasteiger charge is -2.27. The van der Waals surface area contributed by atoms with Gasteiger partial charge in [0.05, 0.1) is 18.7 Å². The van der Waals surface area contributed by atoms with E-state index in [0.29, 0.717) is 34.0 Å². The van der Waals surface area contributed by atoms with Crippen LogP contribution < -0.4 is 15.6 Å². The Hall–Kier alpha value is -2.57. The first kappa shape index (κ1) is 19.7. The molecule has 1 saturated heterocycles. The standard InChI is InChI=1S/C23H23FN2O2S/c1-15-5-4-12-26(13-15)14-20(27)25-23-21(16-8-10-17(24)11-9-16)22(28)18-6-2-3-7-19(18)29-23/h2-3,6-11,15H,4-5,12-14H2,1H3,(H,25,27)/p+1/t15-/m0/s1. The Morgan fingerprint density at radius 2 is 1.97 bits per heavy atom. The van der Waals surface area contributed by atoms with Crippen molar-refractivity contribution in [2.24, 2.45) is 5.92 Å². The summed E-state index contributed by atoms with van der Waals surface area (Å²) in [6.45, 7) is 4.60. The van der Waals surface area contributed by atoms with Crippen LogP contribution >= 0.6 is 11.3 Å². The van der Waals surface area contributed by atoms with Crippen molar-refractivity contribution >= 4 is 32.3 Å². The Morgan fingerprint density at radius 3 is 2.72 bits per heavy atom. The number of hydrogen-bond acceptors (Lipinski definition) is 3. The van der Waals surface area contributed by atoms with Crippen molar-refractivity contribution in [1.29, 1.82) is 0 Å². The molecule has 4 nitrogen and oxygen atoms in total. The molecule has 0 spiro atoms. The topological polar surface area (TPSA) is 50.6 Å². The maximum Gasteiger partial charge on any atom is 0.280 e. The fraction of sp³-hybridized carbons (Fsp3) is 0.304. The third-order valence-corrected chi connectivity index (χ3v) is 6.54. The second kappa shape index (κ2) is 8.43. The fourth-order valence-electron chi connectivity index (χ4n) is 4.06. The molecule has 4 rings (SSSR count). The van der Waals surface area contributed by atoms with Crippen molar-refractivity contribution in [2.45, 2.75) is 19.8 Å². The predicted octanol–water partition coefficient (Wildman–Crippen LogP) is 3.32. The minimum atomic E-state index is -0.362. The van der Waals surface area contributed by atoms with Crippen LogP contribution in [0.3, 0.4) is 0 Å². The van der Waals surface area contributed by atoms with Gasteiger partial charge in [-0.25, -0.2) is 4.39 Å². The molecule has 1 aliphatic rings. The van der Waals surface area contributed by atoms with Gasteiger partial charge in [-0.3, -0.25) is 9.59 Å². The van der Waals surface area contributed by atoms with E-state index in [1.165, 1.54) is 34.8 Å². The minimum Gasteiger partial charge on any atom is -0.327 e. The Kier molecular flexibility index (Phi) is 5.74. The van der Waals surface area contributed by atoms with E-state index < -0.39 is 0 Å². The van der Waals surface area contributed by atoms with Gasteiger partial charge in [-0.05, 0) is 42.7 Å². The van der Waals surface area contributed by atoms with E-state index in [-0.39, 0.29) is 17.2 Å². The lowest BCUT2D eigenvalue weighted by Crippen LogP contribution is -3.14. The highest BCUT2D eigenvalue weighted by Gasteiger charge is 2.23. The summed E-state index contributed by atoms with van der Waals surface area (Å²) >= 11 is 1.38. The third-order valence-electron chi connectivity index (χ3n) is 5.46. The van der Waals surface area contributed by atoms with Crippen LogP contribution in [0.25, 0.3) is 21.2 Å². The molecule has 0 aliphatic carbocycles. The van der Waals surface area contributed by atoms with E-state index in [1.54, 1.807) is 18.2 Å². The van der Waals surface area contributed by atoms with Gasteiger partial charge in [0.1, 0.15) is 10.8 Å². The van der Waals surface area contributed by atoms with Gasteiger partial charge in [0, 0.05) is 16.0 Å². The molecule has 3 aromatic rings. The van der Waals surface area contributed by atoms with Crippen molar-refractivity contribution in [3.8, 4) is 11.1 Å². The number of nitrogens with one attached hydrogen (secondary N) is 2. The number of quaternary nitrogens is 1. The first-order valence-corrected chi connectivity index (χ1v) is 10.8. The number of hydrogen-bond donors (Lipinski definition) is 2. The smallest absolute Gasteiger partial charge is 0.280 e. The minimum absolute atomic E-state index is 0.0941. The summed E-state index contributed by atoms with van der Waals surface area (Å²) < 4.78 is 14.2. The molecule has 1 amide bonds. The van der Waals surface area contributed by atoms with Crippen LogP contribution in [-0.2, 0) is 4.79 Å². The van der Waals surface area contributed by atoms with Gasteiger partial charge in [0.15, 0.2) is 12.0 Å². The lowest BCUT2D eigenvalue weighted by molar-refractivity contribution is -0.900. The Bertz CT molecular complexity index is 1090. The third kappa shape index (κ3) is 4.38. The van der Waals surface area contributed by atoms with Crippen LogP contribution in [0.2, 0.25) is 0 Å². The second-order valence-corrected chi connectivity index (χ2v) is 8.87. The maximum atomic E-state index is 13.4. The van der Waals surface area contributed by atoms with Crippen LogP contribution in [0.5, 0.6) is 0 Å². The van der Waals surface area contributed by atoms with Crippen LogP contribution in [0, 0.1) is 11.7 Å². The number of anilines is 1. The monoisotopic (exact) mass is 411 g/mol. The van der Waals surface area contributed by atoms with Crippen molar-refractivity contribution in [1.82, 2.24) is 0 Å². The number of carbonyl (C=O) groups excluding carboxylic acids is 1. The van der Waals surface area contributed by atoms with E-state index in [9.17, 15) is 14.0 Å².